The van der Waals surface area contributed by atoms with Gasteiger partial charge in [0.1, 0.15) is 11.0 Å². The second kappa shape index (κ2) is 7.22. The van der Waals surface area contributed by atoms with Crippen LogP contribution in [-0.4, -0.2) is 20.3 Å². The third kappa shape index (κ3) is 3.70. The molecule has 0 aromatic heterocycles. The van der Waals surface area contributed by atoms with Gasteiger partial charge in [-0.3, -0.25) is 0 Å². The second-order valence-electron chi connectivity index (χ2n) is 6.13. The molecule has 0 amide bonds. The van der Waals surface area contributed by atoms with Gasteiger partial charge in [0.2, 0.25) is 0 Å². The molecular formula is C20H22O3S. The van der Waals surface area contributed by atoms with Crippen molar-refractivity contribution in [2.24, 2.45) is 0 Å². The lowest BCUT2D eigenvalue weighted by Gasteiger charge is -2.24. The molecule has 0 spiro atoms. The van der Waals surface area contributed by atoms with Gasteiger partial charge < -0.3 is 4.74 Å². The minimum atomic E-state index is -3.51. The largest absolute Gasteiger partial charge is 0.497 e. The van der Waals surface area contributed by atoms with Crippen LogP contribution >= 0.6 is 0 Å². The molecule has 2 aromatic rings. The van der Waals surface area contributed by atoms with Crippen molar-refractivity contribution in [1.82, 2.24) is 0 Å². The standard InChI is InChI=1S/C20H22O3S/c1-16-10-12-18(13-11-16)24(21,22)20(19-9-5-6-14-23-19)15-17-7-3-2-4-8-17/h2-4,7-13,20H,5-6,14-15H2,1H3. The Hall–Kier alpha value is -2.07. The Morgan fingerprint density at radius 1 is 1.04 bits per heavy atom. The fourth-order valence-corrected chi connectivity index (χ4v) is 4.61. The summed E-state index contributed by atoms with van der Waals surface area (Å²) in [4.78, 5) is 0.351. The van der Waals surface area contributed by atoms with Gasteiger partial charge in [-0.15, -0.1) is 0 Å². The fraction of sp³-hybridized carbons (Fsp3) is 0.300. The third-order valence-corrected chi connectivity index (χ3v) is 6.35. The van der Waals surface area contributed by atoms with Gasteiger partial charge >= 0.3 is 0 Å². The molecule has 0 radical (unpaired) electrons. The summed E-state index contributed by atoms with van der Waals surface area (Å²) >= 11 is 0. The lowest BCUT2D eigenvalue weighted by Crippen LogP contribution is -2.29. The van der Waals surface area contributed by atoms with Crippen LogP contribution in [0.25, 0.3) is 0 Å². The first-order valence-corrected chi connectivity index (χ1v) is 9.79. The smallest absolute Gasteiger partial charge is 0.188 e. The Morgan fingerprint density at radius 3 is 2.38 bits per heavy atom. The van der Waals surface area contributed by atoms with Crippen LogP contribution < -0.4 is 0 Å². The average molecular weight is 342 g/mol. The van der Waals surface area contributed by atoms with Crippen LogP contribution in [-0.2, 0) is 21.0 Å². The molecule has 3 nitrogen and oxygen atoms in total. The molecule has 0 saturated carbocycles. The lowest BCUT2D eigenvalue weighted by molar-refractivity contribution is 0.185. The molecule has 1 atom stereocenters. The highest BCUT2D eigenvalue weighted by Crippen LogP contribution is 2.28. The summed E-state index contributed by atoms with van der Waals surface area (Å²) in [6.45, 7) is 2.53. The van der Waals surface area contributed by atoms with Gasteiger partial charge in [-0.2, -0.15) is 0 Å². The Kier molecular flexibility index (Phi) is 5.05. The molecule has 1 heterocycles. The number of ether oxygens (including phenoxy) is 1. The van der Waals surface area contributed by atoms with Crippen molar-refractivity contribution in [2.75, 3.05) is 6.61 Å². The van der Waals surface area contributed by atoms with E-state index in [4.69, 9.17) is 4.74 Å². The minimum absolute atomic E-state index is 0.351. The number of sulfone groups is 1. The van der Waals surface area contributed by atoms with Gasteiger partial charge in [-0.1, -0.05) is 48.0 Å². The summed E-state index contributed by atoms with van der Waals surface area (Å²) in [5, 5.41) is -0.678. The summed E-state index contributed by atoms with van der Waals surface area (Å²) < 4.78 is 32.2. The summed E-state index contributed by atoms with van der Waals surface area (Å²) in [6, 6.07) is 16.8. The molecule has 126 valence electrons. The van der Waals surface area contributed by atoms with E-state index in [-0.39, 0.29) is 0 Å². The van der Waals surface area contributed by atoms with Crippen LogP contribution in [0.3, 0.4) is 0 Å². The Morgan fingerprint density at radius 2 is 1.75 bits per heavy atom. The summed E-state index contributed by atoms with van der Waals surface area (Å²) in [6.07, 6.45) is 4.15. The number of hydrogen-bond acceptors (Lipinski definition) is 3. The SMILES string of the molecule is Cc1ccc(S(=O)(=O)C(Cc2ccccc2)C2=CCCCO2)cc1. The van der Waals surface area contributed by atoms with Gasteiger partial charge in [-0.25, -0.2) is 8.42 Å². The van der Waals surface area contributed by atoms with Crippen molar-refractivity contribution >= 4 is 9.84 Å². The maximum Gasteiger partial charge on any atom is 0.188 e. The number of hydrogen-bond donors (Lipinski definition) is 0. The third-order valence-electron chi connectivity index (χ3n) is 4.27. The normalized spacial score (nSPS) is 16.1. The summed E-state index contributed by atoms with van der Waals surface area (Å²) in [7, 11) is -3.51. The zero-order valence-corrected chi connectivity index (χ0v) is 14.6. The number of aryl methyl sites for hydroxylation is 1. The van der Waals surface area contributed by atoms with E-state index in [0.29, 0.717) is 23.7 Å². The van der Waals surface area contributed by atoms with E-state index < -0.39 is 15.1 Å². The van der Waals surface area contributed by atoms with Crippen LogP contribution in [0.2, 0.25) is 0 Å². The second-order valence-corrected chi connectivity index (χ2v) is 8.26. The van der Waals surface area contributed by atoms with E-state index >= 15 is 0 Å². The highest BCUT2D eigenvalue weighted by Gasteiger charge is 2.33. The summed E-state index contributed by atoms with van der Waals surface area (Å²) in [5.74, 6) is 0.589. The fourth-order valence-electron chi connectivity index (χ4n) is 2.88. The zero-order chi connectivity index (χ0) is 17.0. The first-order chi connectivity index (χ1) is 11.6. The van der Waals surface area contributed by atoms with Crippen molar-refractivity contribution in [3.63, 3.8) is 0 Å². The number of allylic oxidation sites excluding steroid dienone is 1. The Labute approximate surface area is 143 Å². The quantitative estimate of drug-likeness (QED) is 0.822. The van der Waals surface area contributed by atoms with Crippen molar-refractivity contribution in [1.29, 1.82) is 0 Å². The van der Waals surface area contributed by atoms with Crippen molar-refractivity contribution in [2.45, 2.75) is 36.3 Å². The van der Waals surface area contributed by atoms with Crippen LogP contribution in [0, 0.1) is 6.92 Å². The summed E-state index contributed by atoms with van der Waals surface area (Å²) in [5.41, 5.74) is 2.04. The molecule has 1 aliphatic rings. The van der Waals surface area contributed by atoms with Crippen LogP contribution in [0.15, 0.2) is 71.3 Å². The highest BCUT2D eigenvalue weighted by atomic mass is 32.2. The molecule has 3 rings (SSSR count). The van der Waals surface area contributed by atoms with E-state index in [1.54, 1.807) is 12.1 Å². The average Bonchev–Trinajstić information content (AvgIpc) is 2.61. The molecule has 0 fully saturated rings. The molecule has 0 N–H and O–H groups in total. The van der Waals surface area contributed by atoms with Crippen LogP contribution in [0.1, 0.15) is 24.0 Å². The molecule has 0 bridgehead atoms. The van der Waals surface area contributed by atoms with Crippen molar-refractivity contribution < 1.29 is 13.2 Å². The molecule has 0 aliphatic carbocycles. The minimum Gasteiger partial charge on any atom is -0.497 e. The molecule has 0 saturated heterocycles. The topological polar surface area (TPSA) is 43.4 Å². The molecular weight excluding hydrogens is 320 g/mol. The van der Waals surface area contributed by atoms with E-state index in [1.165, 1.54) is 0 Å². The molecule has 24 heavy (non-hydrogen) atoms. The van der Waals surface area contributed by atoms with Gasteiger partial charge in [-0.05, 0) is 50.0 Å². The first kappa shape index (κ1) is 16.8. The molecule has 4 heteroatoms. The molecule has 2 aromatic carbocycles. The van der Waals surface area contributed by atoms with Crippen LogP contribution in [0.5, 0.6) is 0 Å². The van der Waals surface area contributed by atoms with E-state index in [1.807, 2.05) is 55.5 Å². The maximum absolute atomic E-state index is 13.2. The zero-order valence-electron chi connectivity index (χ0n) is 13.8. The van der Waals surface area contributed by atoms with Gasteiger partial charge in [0.05, 0.1) is 11.5 Å². The maximum atomic E-state index is 13.2. The highest BCUT2D eigenvalue weighted by molar-refractivity contribution is 7.92. The molecule has 1 aliphatic heterocycles. The van der Waals surface area contributed by atoms with Crippen molar-refractivity contribution in [3.05, 3.63) is 77.6 Å². The van der Waals surface area contributed by atoms with Gasteiger partial charge in [0, 0.05) is 0 Å². The Balaban J connectivity index is 1.99. The van der Waals surface area contributed by atoms with E-state index in [9.17, 15) is 8.42 Å². The monoisotopic (exact) mass is 342 g/mol. The number of rotatable bonds is 5. The van der Waals surface area contributed by atoms with Crippen molar-refractivity contribution in [3.8, 4) is 0 Å². The lowest BCUT2D eigenvalue weighted by atomic mass is 10.1. The Bertz CT molecular complexity index is 806. The van der Waals surface area contributed by atoms with E-state index in [2.05, 4.69) is 0 Å². The predicted molar refractivity (Wildman–Crippen MR) is 95.6 cm³/mol. The van der Waals surface area contributed by atoms with Gasteiger partial charge in [0.25, 0.3) is 0 Å². The first-order valence-electron chi connectivity index (χ1n) is 8.25. The van der Waals surface area contributed by atoms with Crippen LogP contribution in [0.4, 0.5) is 0 Å². The van der Waals surface area contributed by atoms with Gasteiger partial charge in [0.15, 0.2) is 9.84 Å². The number of benzene rings is 2. The van der Waals surface area contributed by atoms with E-state index in [0.717, 1.165) is 24.0 Å². The predicted octanol–water partition coefficient (Wildman–Crippen LogP) is 4.07. The molecule has 1 unspecified atom stereocenters.